The second kappa shape index (κ2) is 9.66. The number of nitrogens with zero attached hydrogens (tertiary/aromatic N) is 3. The van der Waals surface area contributed by atoms with Gasteiger partial charge in [0.1, 0.15) is 5.75 Å². The molecule has 0 spiro atoms. The fraction of sp³-hybridized carbons (Fsp3) is 0.222. The fourth-order valence-corrected chi connectivity index (χ4v) is 4.04. The molecule has 0 aliphatic rings. The lowest BCUT2D eigenvalue weighted by atomic mass is 9.97. The standard InChI is InChI=1S/C27H28N5O2/c1-17-12-20(6-5-11-28)13-18(2)27(17)34-23-14-22(30)25(31)24(26(23)32(3,4)16-33)21-9-7-19(15-29)8-10-21/h7-10,12-14,16H,5-6,30-31H2,1-4H3/q+1. The molecule has 0 unspecified atom stereocenters. The first-order chi connectivity index (χ1) is 16.1. The lowest BCUT2D eigenvalue weighted by Crippen LogP contribution is -2.39. The first-order valence-electron chi connectivity index (χ1n) is 10.8. The average molecular weight is 455 g/mol. The monoisotopic (exact) mass is 454 g/mol. The Morgan fingerprint density at radius 3 is 2.18 bits per heavy atom. The summed E-state index contributed by atoms with van der Waals surface area (Å²) in [6.45, 7) is 3.89. The highest BCUT2D eigenvalue weighted by molar-refractivity contribution is 5.98. The van der Waals surface area contributed by atoms with E-state index < -0.39 is 0 Å². The van der Waals surface area contributed by atoms with Gasteiger partial charge in [0.15, 0.2) is 11.4 Å². The Morgan fingerprint density at radius 2 is 1.65 bits per heavy atom. The van der Waals surface area contributed by atoms with Crippen LogP contribution >= 0.6 is 0 Å². The Morgan fingerprint density at radius 1 is 1.03 bits per heavy atom. The van der Waals surface area contributed by atoms with Gasteiger partial charge in [-0.15, -0.1) is 0 Å². The van der Waals surface area contributed by atoms with Crippen LogP contribution in [-0.2, 0) is 11.2 Å². The minimum atomic E-state index is -0.159. The number of hydrogen-bond donors (Lipinski definition) is 2. The van der Waals surface area contributed by atoms with E-state index in [1.54, 1.807) is 44.4 Å². The summed E-state index contributed by atoms with van der Waals surface area (Å²) in [5.41, 5.74) is 18.6. The van der Waals surface area contributed by atoms with Crippen molar-refractivity contribution in [2.75, 3.05) is 25.6 Å². The summed E-state index contributed by atoms with van der Waals surface area (Å²) in [6, 6.07) is 16.9. The van der Waals surface area contributed by atoms with Gasteiger partial charge in [0, 0.05) is 12.5 Å². The summed E-state index contributed by atoms with van der Waals surface area (Å²) in [5, 5.41) is 18.1. The number of quaternary nitrogens is 1. The molecule has 172 valence electrons. The predicted molar refractivity (Wildman–Crippen MR) is 135 cm³/mol. The second-order valence-corrected chi connectivity index (χ2v) is 8.75. The van der Waals surface area contributed by atoms with E-state index in [1.807, 2.05) is 26.0 Å². The van der Waals surface area contributed by atoms with Gasteiger partial charge in [-0.05, 0) is 54.7 Å². The molecule has 0 atom stereocenters. The van der Waals surface area contributed by atoms with Crippen molar-refractivity contribution in [3.8, 4) is 34.8 Å². The van der Waals surface area contributed by atoms with Crippen molar-refractivity contribution in [3.05, 3.63) is 64.7 Å². The molecule has 0 heterocycles. The summed E-state index contributed by atoms with van der Waals surface area (Å²) in [4.78, 5) is 12.2. The van der Waals surface area contributed by atoms with Gasteiger partial charge in [-0.25, -0.2) is 9.28 Å². The van der Waals surface area contributed by atoms with Gasteiger partial charge in [-0.2, -0.15) is 10.5 Å². The van der Waals surface area contributed by atoms with E-state index in [9.17, 15) is 4.79 Å². The van der Waals surface area contributed by atoms with Crippen LogP contribution in [0.2, 0.25) is 0 Å². The third kappa shape index (κ3) is 4.71. The number of rotatable bonds is 7. The molecule has 7 heteroatoms. The van der Waals surface area contributed by atoms with Gasteiger partial charge in [-0.1, -0.05) is 24.3 Å². The molecule has 3 rings (SSSR count). The molecule has 34 heavy (non-hydrogen) atoms. The molecule has 0 aliphatic heterocycles. The van der Waals surface area contributed by atoms with Crippen molar-refractivity contribution in [2.45, 2.75) is 26.7 Å². The summed E-state index contributed by atoms with van der Waals surface area (Å²) >= 11 is 0. The van der Waals surface area contributed by atoms with Crippen LogP contribution in [0, 0.1) is 36.5 Å². The summed E-state index contributed by atoms with van der Waals surface area (Å²) in [6.07, 6.45) is 1.91. The van der Waals surface area contributed by atoms with Crippen LogP contribution in [0.25, 0.3) is 11.1 Å². The van der Waals surface area contributed by atoms with Gasteiger partial charge in [0.25, 0.3) is 0 Å². The van der Waals surface area contributed by atoms with Gasteiger partial charge < -0.3 is 16.2 Å². The Kier molecular flexibility index (Phi) is 6.91. The zero-order chi connectivity index (χ0) is 25.0. The molecular formula is C27H28N5O2+. The first-order valence-corrected chi connectivity index (χ1v) is 10.8. The maximum atomic E-state index is 12.2. The Balaban J connectivity index is 2.24. The van der Waals surface area contributed by atoms with Crippen LogP contribution in [0.5, 0.6) is 11.5 Å². The third-order valence-electron chi connectivity index (χ3n) is 5.74. The molecule has 4 N–H and O–H groups in total. The molecule has 0 bridgehead atoms. The maximum Gasteiger partial charge on any atom is 0.306 e. The van der Waals surface area contributed by atoms with Crippen LogP contribution in [0.1, 0.15) is 28.7 Å². The molecule has 0 aromatic heterocycles. The Labute approximate surface area is 200 Å². The minimum Gasteiger partial charge on any atom is -0.450 e. The number of carbonyl (C=O) groups excluding carboxylic acids is 1. The number of hydrogen-bond acceptors (Lipinski definition) is 6. The Hall–Kier alpha value is -4.33. The smallest absolute Gasteiger partial charge is 0.306 e. The summed E-state index contributed by atoms with van der Waals surface area (Å²) in [5.74, 6) is 1.07. The molecule has 3 aromatic carbocycles. The normalized spacial score (nSPS) is 10.9. The number of amides is 1. The van der Waals surface area contributed by atoms with Crippen LogP contribution in [0.4, 0.5) is 17.1 Å². The molecule has 1 amide bonds. The number of nitriles is 2. The lowest BCUT2D eigenvalue weighted by molar-refractivity contribution is -0.115. The molecule has 3 aromatic rings. The van der Waals surface area contributed by atoms with Gasteiger partial charge in [0.2, 0.25) is 0 Å². The minimum absolute atomic E-state index is 0.159. The molecule has 0 fully saturated rings. The highest BCUT2D eigenvalue weighted by atomic mass is 16.5. The fourth-order valence-electron chi connectivity index (χ4n) is 4.04. The highest BCUT2D eigenvalue weighted by Gasteiger charge is 2.32. The van der Waals surface area contributed by atoms with E-state index in [-0.39, 0.29) is 4.48 Å². The number of nitrogens with two attached hydrogens (primary N) is 2. The van der Waals surface area contributed by atoms with Crippen molar-refractivity contribution in [1.29, 1.82) is 10.5 Å². The lowest BCUT2D eigenvalue weighted by Gasteiger charge is -2.28. The van der Waals surface area contributed by atoms with E-state index in [4.69, 9.17) is 26.7 Å². The number of aryl methyl sites for hydroxylation is 3. The number of ether oxygens (including phenoxy) is 1. The Bertz CT molecular complexity index is 1310. The quantitative estimate of drug-likeness (QED) is 0.295. The maximum absolute atomic E-state index is 12.2. The largest absolute Gasteiger partial charge is 0.450 e. The summed E-state index contributed by atoms with van der Waals surface area (Å²) < 4.78 is 6.27. The summed E-state index contributed by atoms with van der Waals surface area (Å²) in [7, 11) is 3.48. The molecule has 0 radical (unpaired) electrons. The highest BCUT2D eigenvalue weighted by Crippen LogP contribution is 2.49. The topological polar surface area (TPSA) is 126 Å². The van der Waals surface area contributed by atoms with Crippen molar-refractivity contribution in [3.63, 3.8) is 0 Å². The van der Waals surface area contributed by atoms with E-state index in [0.717, 1.165) is 28.7 Å². The molecule has 0 saturated heterocycles. The second-order valence-electron chi connectivity index (χ2n) is 8.75. The van der Waals surface area contributed by atoms with E-state index in [2.05, 4.69) is 12.1 Å². The number of nitrogen functional groups attached to an aromatic ring is 2. The third-order valence-corrected chi connectivity index (χ3v) is 5.74. The number of benzene rings is 3. The van der Waals surface area contributed by atoms with Crippen molar-refractivity contribution in [1.82, 2.24) is 4.48 Å². The average Bonchev–Trinajstić information content (AvgIpc) is 2.81. The SMILES string of the molecule is Cc1cc(CCC#N)cc(C)c1Oc1cc(N)c(N)c(-c2ccc(C#N)cc2)c1[N+](C)(C)C=O. The molecule has 7 nitrogen and oxygen atoms in total. The zero-order valence-corrected chi connectivity index (χ0v) is 19.8. The van der Waals surface area contributed by atoms with E-state index in [0.29, 0.717) is 52.5 Å². The number of carbonyl (C=O) groups is 1. The van der Waals surface area contributed by atoms with Crippen molar-refractivity contribution >= 4 is 23.5 Å². The van der Waals surface area contributed by atoms with Gasteiger partial charge in [-0.3, -0.25) is 0 Å². The van der Waals surface area contributed by atoms with Crippen molar-refractivity contribution in [2.24, 2.45) is 0 Å². The van der Waals surface area contributed by atoms with Crippen LogP contribution in [0.3, 0.4) is 0 Å². The van der Waals surface area contributed by atoms with Crippen LogP contribution < -0.4 is 20.7 Å². The van der Waals surface area contributed by atoms with Crippen LogP contribution in [0.15, 0.2) is 42.5 Å². The van der Waals surface area contributed by atoms with Gasteiger partial charge >= 0.3 is 6.41 Å². The van der Waals surface area contributed by atoms with Gasteiger partial charge in [0.05, 0.1) is 48.7 Å². The van der Waals surface area contributed by atoms with Crippen LogP contribution in [-0.4, -0.2) is 20.5 Å². The van der Waals surface area contributed by atoms with Crippen molar-refractivity contribution < 1.29 is 9.53 Å². The zero-order valence-electron chi connectivity index (χ0n) is 19.8. The predicted octanol–water partition coefficient (Wildman–Crippen LogP) is 4.98. The molecule has 0 saturated carbocycles. The molecule has 0 aliphatic carbocycles. The first kappa shape index (κ1) is 24.3. The van der Waals surface area contributed by atoms with E-state index in [1.165, 1.54) is 0 Å². The number of anilines is 2. The van der Waals surface area contributed by atoms with E-state index >= 15 is 0 Å². The molecular weight excluding hydrogens is 426 g/mol.